The maximum Gasteiger partial charge on any atom is 0.326 e. The van der Waals surface area contributed by atoms with E-state index in [-0.39, 0.29) is 18.6 Å². The van der Waals surface area contributed by atoms with Gasteiger partial charge in [-0.3, -0.25) is 9.59 Å². The molecule has 4 N–H and O–H groups in total. The van der Waals surface area contributed by atoms with E-state index >= 15 is 0 Å². The number of carboxylic acid groups (broad SMARTS) is 1. The van der Waals surface area contributed by atoms with Crippen LogP contribution in [0.3, 0.4) is 0 Å². The second kappa shape index (κ2) is 8.31. The highest BCUT2D eigenvalue weighted by atomic mass is 32.1. The SMILES string of the molecule is NC(=O)CC(CS)C(=O)N[C@@H](Cc1ccccc1)C(=O)O. The normalized spacial score (nSPS) is 13.2. The maximum atomic E-state index is 12.0. The number of aliphatic carboxylic acids is 1. The summed E-state index contributed by atoms with van der Waals surface area (Å²) in [4.78, 5) is 34.1. The molecule has 1 rings (SSSR count). The Morgan fingerprint density at radius 3 is 2.33 bits per heavy atom. The molecule has 1 unspecified atom stereocenters. The largest absolute Gasteiger partial charge is 0.480 e. The lowest BCUT2D eigenvalue weighted by Gasteiger charge is -2.18. The maximum absolute atomic E-state index is 12.0. The zero-order valence-corrected chi connectivity index (χ0v) is 12.3. The zero-order chi connectivity index (χ0) is 15.8. The number of carbonyl (C=O) groups excluding carboxylic acids is 2. The molecule has 0 heterocycles. The van der Waals surface area contributed by atoms with Crippen LogP contribution in [0, 0.1) is 5.92 Å². The van der Waals surface area contributed by atoms with E-state index in [1.54, 1.807) is 24.3 Å². The molecule has 114 valence electrons. The van der Waals surface area contributed by atoms with Crippen molar-refractivity contribution in [2.75, 3.05) is 5.75 Å². The Morgan fingerprint density at radius 1 is 1.24 bits per heavy atom. The van der Waals surface area contributed by atoms with Gasteiger partial charge in [-0.1, -0.05) is 30.3 Å². The average Bonchev–Trinajstić information content (AvgIpc) is 2.44. The number of nitrogens with one attached hydrogen (secondary N) is 1. The molecule has 1 aromatic carbocycles. The second-order valence-corrected chi connectivity index (χ2v) is 5.00. The van der Waals surface area contributed by atoms with Crippen LogP contribution in [-0.4, -0.2) is 34.7 Å². The summed E-state index contributed by atoms with van der Waals surface area (Å²) in [6.45, 7) is 0. The fourth-order valence-corrected chi connectivity index (χ4v) is 2.12. The van der Waals surface area contributed by atoms with E-state index in [2.05, 4.69) is 17.9 Å². The van der Waals surface area contributed by atoms with Gasteiger partial charge in [0, 0.05) is 18.6 Å². The third-order valence-electron chi connectivity index (χ3n) is 2.94. The van der Waals surface area contributed by atoms with Gasteiger partial charge in [0.05, 0.1) is 5.92 Å². The van der Waals surface area contributed by atoms with E-state index in [9.17, 15) is 19.5 Å². The van der Waals surface area contributed by atoms with Crippen molar-refractivity contribution in [2.45, 2.75) is 18.9 Å². The first-order valence-electron chi connectivity index (χ1n) is 6.40. The summed E-state index contributed by atoms with van der Waals surface area (Å²) in [6.07, 6.45) is 0.00475. The van der Waals surface area contributed by atoms with Gasteiger partial charge in [-0.2, -0.15) is 12.6 Å². The van der Waals surface area contributed by atoms with E-state index < -0.39 is 29.7 Å². The van der Waals surface area contributed by atoms with Gasteiger partial charge >= 0.3 is 5.97 Å². The molecule has 7 heteroatoms. The monoisotopic (exact) mass is 310 g/mol. The third kappa shape index (κ3) is 5.86. The van der Waals surface area contributed by atoms with Gasteiger partial charge < -0.3 is 16.2 Å². The molecule has 0 saturated carbocycles. The van der Waals surface area contributed by atoms with Crippen molar-refractivity contribution in [1.29, 1.82) is 0 Å². The lowest BCUT2D eigenvalue weighted by molar-refractivity contribution is -0.142. The molecule has 2 amide bonds. The topological polar surface area (TPSA) is 109 Å². The summed E-state index contributed by atoms with van der Waals surface area (Å²) in [5.41, 5.74) is 5.85. The number of carboxylic acids is 1. The summed E-state index contributed by atoms with van der Waals surface area (Å²) in [5, 5.41) is 11.6. The van der Waals surface area contributed by atoms with Gasteiger partial charge in [-0.25, -0.2) is 4.79 Å². The van der Waals surface area contributed by atoms with E-state index in [1.165, 1.54) is 0 Å². The van der Waals surface area contributed by atoms with Gasteiger partial charge in [0.25, 0.3) is 0 Å². The minimum absolute atomic E-state index is 0.118. The van der Waals surface area contributed by atoms with Crippen LogP contribution >= 0.6 is 12.6 Å². The predicted molar refractivity (Wildman–Crippen MR) is 80.9 cm³/mol. The van der Waals surface area contributed by atoms with Crippen molar-refractivity contribution in [3.8, 4) is 0 Å². The number of amides is 2. The van der Waals surface area contributed by atoms with Gasteiger partial charge in [0.2, 0.25) is 11.8 Å². The molecule has 0 radical (unpaired) electrons. The molecule has 0 fully saturated rings. The minimum Gasteiger partial charge on any atom is -0.480 e. The molecule has 0 bridgehead atoms. The Labute approximate surface area is 128 Å². The highest BCUT2D eigenvalue weighted by Crippen LogP contribution is 2.08. The number of hydrogen-bond donors (Lipinski definition) is 4. The van der Waals surface area contributed by atoms with Crippen molar-refractivity contribution in [3.63, 3.8) is 0 Å². The summed E-state index contributed by atoms with van der Waals surface area (Å²) < 4.78 is 0. The van der Waals surface area contributed by atoms with Gasteiger partial charge in [-0.05, 0) is 5.56 Å². The third-order valence-corrected chi connectivity index (χ3v) is 3.38. The molecule has 0 spiro atoms. The summed E-state index contributed by atoms with van der Waals surface area (Å²) in [5.74, 6) is -2.91. The molecule has 0 aliphatic rings. The highest BCUT2D eigenvalue weighted by Gasteiger charge is 2.25. The van der Waals surface area contributed by atoms with E-state index in [0.717, 1.165) is 5.56 Å². The number of thiol groups is 1. The minimum atomic E-state index is -1.14. The van der Waals surface area contributed by atoms with E-state index in [0.29, 0.717) is 0 Å². The first kappa shape index (κ1) is 17.0. The van der Waals surface area contributed by atoms with E-state index in [1.807, 2.05) is 6.07 Å². The van der Waals surface area contributed by atoms with E-state index in [4.69, 9.17) is 5.73 Å². The molecule has 0 aromatic heterocycles. The molecule has 1 aromatic rings. The average molecular weight is 310 g/mol. The van der Waals surface area contributed by atoms with Crippen LogP contribution in [0.2, 0.25) is 0 Å². The van der Waals surface area contributed by atoms with Crippen LogP contribution in [0.1, 0.15) is 12.0 Å². The van der Waals surface area contributed by atoms with Crippen LogP contribution in [0.25, 0.3) is 0 Å². The number of benzene rings is 1. The van der Waals surface area contributed by atoms with Gasteiger partial charge in [0.15, 0.2) is 0 Å². The van der Waals surface area contributed by atoms with Crippen LogP contribution in [0.4, 0.5) is 0 Å². The fourth-order valence-electron chi connectivity index (χ4n) is 1.82. The number of rotatable bonds is 8. The summed E-state index contributed by atoms with van der Waals surface area (Å²) in [7, 11) is 0. The lowest BCUT2D eigenvalue weighted by Crippen LogP contribution is -2.46. The predicted octanol–water partition coefficient (Wildman–Crippen LogP) is 0.220. The number of nitrogens with two attached hydrogens (primary N) is 1. The van der Waals surface area contributed by atoms with Crippen molar-refractivity contribution in [3.05, 3.63) is 35.9 Å². The Morgan fingerprint density at radius 2 is 1.86 bits per heavy atom. The quantitative estimate of drug-likeness (QED) is 0.515. The van der Waals surface area contributed by atoms with Gasteiger partial charge in [-0.15, -0.1) is 0 Å². The molecule has 2 atom stereocenters. The van der Waals surface area contributed by atoms with Gasteiger partial charge in [0.1, 0.15) is 6.04 Å². The first-order chi connectivity index (χ1) is 9.93. The van der Waals surface area contributed by atoms with Crippen LogP contribution < -0.4 is 11.1 Å². The molecule has 21 heavy (non-hydrogen) atoms. The molecular formula is C14H18N2O4S. The molecule has 6 nitrogen and oxygen atoms in total. The smallest absolute Gasteiger partial charge is 0.326 e. The van der Waals surface area contributed by atoms with Crippen molar-refractivity contribution < 1.29 is 19.5 Å². The van der Waals surface area contributed by atoms with Crippen molar-refractivity contribution >= 4 is 30.4 Å². The highest BCUT2D eigenvalue weighted by molar-refractivity contribution is 7.80. The summed E-state index contributed by atoms with van der Waals surface area (Å²) >= 11 is 3.99. The lowest BCUT2D eigenvalue weighted by atomic mass is 10.0. The second-order valence-electron chi connectivity index (χ2n) is 4.64. The van der Waals surface area contributed by atoms with Crippen LogP contribution in [0.5, 0.6) is 0 Å². The first-order valence-corrected chi connectivity index (χ1v) is 7.03. The van der Waals surface area contributed by atoms with Crippen LogP contribution in [-0.2, 0) is 20.8 Å². The van der Waals surface area contributed by atoms with Crippen molar-refractivity contribution in [2.24, 2.45) is 11.7 Å². The summed E-state index contributed by atoms with van der Waals surface area (Å²) in [6, 6.07) is 7.90. The van der Waals surface area contributed by atoms with Crippen LogP contribution in [0.15, 0.2) is 30.3 Å². The standard InChI is InChI=1S/C14H18N2O4S/c15-12(17)7-10(8-21)13(18)16-11(14(19)20)6-9-4-2-1-3-5-9/h1-5,10-11,21H,6-8H2,(H2,15,17)(H,16,18)(H,19,20)/t10?,11-/m0/s1. The number of carbonyl (C=O) groups is 3. The fraction of sp³-hybridized carbons (Fsp3) is 0.357. The Balaban J connectivity index is 2.71. The number of primary amides is 1. The Bertz CT molecular complexity index is 507. The zero-order valence-electron chi connectivity index (χ0n) is 11.4. The van der Waals surface area contributed by atoms with Crippen molar-refractivity contribution in [1.82, 2.24) is 5.32 Å². The molecule has 0 aliphatic carbocycles. The Kier molecular flexibility index (Phi) is 6.74. The Hall–Kier alpha value is -2.02. The molecule has 0 aliphatic heterocycles. The molecular weight excluding hydrogens is 292 g/mol. The number of hydrogen-bond acceptors (Lipinski definition) is 4. The molecule has 0 saturated heterocycles.